The van der Waals surface area contributed by atoms with Gasteiger partial charge in [0, 0.05) is 44.5 Å². The molecule has 0 aliphatic carbocycles. The van der Waals surface area contributed by atoms with Gasteiger partial charge in [-0.1, -0.05) is 6.07 Å². The molecule has 3 aromatic rings. The summed E-state index contributed by atoms with van der Waals surface area (Å²) in [4.78, 5) is 21.9. The maximum absolute atomic E-state index is 13.1. The number of aryl methyl sites for hydroxylation is 1. The molecule has 0 spiro atoms. The summed E-state index contributed by atoms with van der Waals surface area (Å²) in [7, 11) is 0. The maximum atomic E-state index is 13.1. The first-order valence-corrected chi connectivity index (χ1v) is 9.09. The summed E-state index contributed by atoms with van der Waals surface area (Å²) < 4.78 is 9.41. The molecule has 0 saturated carbocycles. The van der Waals surface area contributed by atoms with E-state index in [-0.39, 0.29) is 11.9 Å². The van der Waals surface area contributed by atoms with Gasteiger partial charge in [0.1, 0.15) is 17.2 Å². The van der Waals surface area contributed by atoms with E-state index in [0.29, 0.717) is 11.6 Å². The van der Waals surface area contributed by atoms with Gasteiger partial charge < -0.3 is 14.6 Å². The molecular weight excluding hydrogens is 330 g/mol. The largest absolute Gasteiger partial charge is 0.381 e. The molecule has 1 aliphatic rings. The van der Waals surface area contributed by atoms with Crippen LogP contribution in [0.1, 0.15) is 42.1 Å². The van der Waals surface area contributed by atoms with Crippen LogP contribution in [0, 0.1) is 5.92 Å². The van der Waals surface area contributed by atoms with Gasteiger partial charge in [0.15, 0.2) is 0 Å². The number of nitrogens with one attached hydrogen (secondary N) is 1. The molecule has 0 aromatic carbocycles. The number of hydrogen-bond donors (Lipinski definition) is 1. The van der Waals surface area contributed by atoms with Crippen molar-refractivity contribution in [3.8, 4) is 0 Å². The summed E-state index contributed by atoms with van der Waals surface area (Å²) in [6.07, 6.45) is 9.10. The van der Waals surface area contributed by atoms with Crippen LogP contribution in [-0.2, 0) is 11.3 Å². The molecule has 0 radical (unpaired) electrons. The second kappa shape index (κ2) is 7.29. The van der Waals surface area contributed by atoms with Crippen LogP contribution in [-0.4, -0.2) is 38.1 Å². The zero-order valence-electron chi connectivity index (χ0n) is 14.8. The number of rotatable bonds is 5. The summed E-state index contributed by atoms with van der Waals surface area (Å²) >= 11 is 0. The SMILES string of the molecule is CCn1ccnc1[C@H](NC(=O)c1cccc2nccn12)C1CCOCC1. The second-order valence-corrected chi connectivity index (χ2v) is 6.54. The van der Waals surface area contributed by atoms with E-state index in [1.165, 1.54) is 0 Å². The first-order chi connectivity index (χ1) is 12.8. The zero-order chi connectivity index (χ0) is 17.9. The molecule has 4 rings (SSSR count). The molecular formula is C19H23N5O2. The Morgan fingerprint density at radius 1 is 1.27 bits per heavy atom. The van der Waals surface area contributed by atoms with Crippen molar-refractivity contribution >= 4 is 11.6 Å². The first-order valence-electron chi connectivity index (χ1n) is 9.09. The predicted octanol–water partition coefficient (Wildman–Crippen LogP) is 2.45. The van der Waals surface area contributed by atoms with Gasteiger partial charge in [0.2, 0.25) is 0 Å². The number of amides is 1. The van der Waals surface area contributed by atoms with Gasteiger partial charge >= 0.3 is 0 Å². The fourth-order valence-electron chi connectivity index (χ4n) is 3.66. The third-order valence-electron chi connectivity index (χ3n) is 5.05. The summed E-state index contributed by atoms with van der Waals surface area (Å²) in [5.74, 6) is 1.10. The van der Waals surface area contributed by atoms with E-state index in [1.54, 1.807) is 18.6 Å². The van der Waals surface area contributed by atoms with E-state index in [2.05, 4.69) is 26.8 Å². The van der Waals surface area contributed by atoms with Crippen LogP contribution < -0.4 is 5.32 Å². The summed E-state index contributed by atoms with van der Waals surface area (Å²) in [5.41, 5.74) is 1.34. The number of ether oxygens (including phenoxy) is 1. The van der Waals surface area contributed by atoms with Crippen LogP contribution in [0.15, 0.2) is 43.0 Å². The van der Waals surface area contributed by atoms with Crippen LogP contribution in [0.4, 0.5) is 0 Å². The van der Waals surface area contributed by atoms with Crippen molar-refractivity contribution in [3.63, 3.8) is 0 Å². The molecule has 0 bridgehead atoms. The van der Waals surface area contributed by atoms with E-state index >= 15 is 0 Å². The molecule has 1 N–H and O–H groups in total. The number of nitrogens with zero attached hydrogens (tertiary/aromatic N) is 4. The van der Waals surface area contributed by atoms with Crippen molar-refractivity contribution in [3.05, 3.63) is 54.5 Å². The molecule has 26 heavy (non-hydrogen) atoms. The van der Waals surface area contributed by atoms with E-state index < -0.39 is 0 Å². The van der Waals surface area contributed by atoms with E-state index in [1.807, 2.05) is 28.8 Å². The molecule has 0 unspecified atom stereocenters. The third kappa shape index (κ3) is 3.10. The van der Waals surface area contributed by atoms with Crippen LogP contribution >= 0.6 is 0 Å². The van der Waals surface area contributed by atoms with Crippen molar-refractivity contribution in [2.75, 3.05) is 13.2 Å². The Kier molecular flexibility index (Phi) is 4.71. The van der Waals surface area contributed by atoms with Gasteiger partial charge in [-0.25, -0.2) is 9.97 Å². The van der Waals surface area contributed by atoms with Gasteiger partial charge in [-0.3, -0.25) is 9.20 Å². The smallest absolute Gasteiger partial charge is 0.268 e. The highest BCUT2D eigenvalue weighted by Gasteiger charge is 2.30. The highest BCUT2D eigenvalue weighted by molar-refractivity contribution is 5.93. The third-order valence-corrected chi connectivity index (χ3v) is 5.05. The van der Waals surface area contributed by atoms with Gasteiger partial charge in [0.05, 0.1) is 6.04 Å². The Labute approximate surface area is 152 Å². The molecule has 4 heterocycles. The minimum absolute atomic E-state index is 0.115. The van der Waals surface area contributed by atoms with Crippen molar-refractivity contribution in [1.29, 1.82) is 0 Å². The molecule has 1 amide bonds. The lowest BCUT2D eigenvalue weighted by Gasteiger charge is -2.31. The Morgan fingerprint density at radius 2 is 2.08 bits per heavy atom. The second-order valence-electron chi connectivity index (χ2n) is 6.54. The van der Waals surface area contributed by atoms with Gasteiger partial charge in [0.25, 0.3) is 5.91 Å². The Balaban J connectivity index is 1.66. The van der Waals surface area contributed by atoms with Crippen LogP contribution in [0.2, 0.25) is 0 Å². The fourth-order valence-corrected chi connectivity index (χ4v) is 3.66. The minimum Gasteiger partial charge on any atom is -0.381 e. The predicted molar refractivity (Wildman–Crippen MR) is 96.8 cm³/mol. The molecule has 1 saturated heterocycles. The number of pyridine rings is 1. The lowest BCUT2D eigenvalue weighted by atomic mass is 9.91. The van der Waals surface area contributed by atoms with E-state index in [0.717, 1.165) is 44.1 Å². The topological polar surface area (TPSA) is 73.5 Å². The molecule has 136 valence electrons. The molecule has 1 atom stereocenters. The molecule has 1 fully saturated rings. The maximum Gasteiger partial charge on any atom is 0.268 e. The standard InChI is InChI=1S/C19H23N5O2/c1-2-23-10-8-21-18(23)17(14-6-12-26-13-7-14)22-19(25)15-4-3-5-16-20-9-11-24(15)16/h3-5,8-11,14,17H,2,6-7,12-13H2,1H3,(H,22,25)/t17-/m1/s1. The molecule has 7 nitrogen and oxygen atoms in total. The van der Waals surface area contributed by atoms with Gasteiger partial charge in [-0.2, -0.15) is 0 Å². The Morgan fingerprint density at radius 3 is 2.88 bits per heavy atom. The highest BCUT2D eigenvalue weighted by Crippen LogP contribution is 2.29. The fraction of sp³-hybridized carbons (Fsp3) is 0.421. The van der Waals surface area contributed by atoms with E-state index in [4.69, 9.17) is 4.74 Å². The molecule has 1 aliphatic heterocycles. The highest BCUT2D eigenvalue weighted by atomic mass is 16.5. The Hall–Kier alpha value is -2.67. The van der Waals surface area contributed by atoms with Crippen LogP contribution in [0.25, 0.3) is 5.65 Å². The van der Waals surface area contributed by atoms with Crippen molar-refractivity contribution in [1.82, 2.24) is 24.3 Å². The molecule has 7 heteroatoms. The van der Waals surface area contributed by atoms with Gasteiger partial charge in [-0.05, 0) is 37.8 Å². The summed E-state index contributed by atoms with van der Waals surface area (Å²) in [6.45, 7) is 4.35. The normalized spacial score (nSPS) is 16.7. The number of carbonyl (C=O) groups excluding carboxylic acids is 1. The first kappa shape index (κ1) is 16.8. The summed E-state index contributed by atoms with van der Waals surface area (Å²) in [5, 5.41) is 3.24. The van der Waals surface area contributed by atoms with Crippen molar-refractivity contribution in [2.24, 2.45) is 5.92 Å². The molecule has 3 aromatic heterocycles. The number of fused-ring (bicyclic) bond motifs is 1. The van der Waals surface area contributed by atoms with Gasteiger partial charge in [-0.15, -0.1) is 0 Å². The number of aromatic nitrogens is 4. The van der Waals surface area contributed by atoms with Crippen molar-refractivity contribution in [2.45, 2.75) is 32.4 Å². The minimum atomic E-state index is -0.139. The average molecular weight is 353 g/mol. The lowest BCUT2D eigenvalue weighted by Crippen LogP contribution is -2.38. The quantitative estimate of drug-likeness (QED) is 0.765. The number of carbonyl (C=O) groups is 1. The van der Waals surface area contributed by atoms with Crippen molar-refractivity contribution < 1.29 is 9.53 Å². The Bertz CT molecular complexity index is 894. The number of hydrogen-bond acceptors (Lipinski definition) is 4. The summed E-state index contributed by atoms with van der Waals surface area (Å²) in [6, 6.07) is 5.42. The average Bonchev–Trinajstić information content (AvgIpc) is 3.35. The zero-order valence-corrected chi connectivity index (χ0v) is 14.8. The monoisotopic (exact) mass is 353 g/mol. The van der Waals surface area contributed by atoms with Crippen LogP contribution in [0.5, 0.6) is 0 Å². The van der Waals surface area contributed by atoms with Crippen LogP contribution in [0.3, 0.4) is 0 Å². The van der Waals surface area contributed by atoms with E-state index in [9.17, 15) is 4.79 Å². The lowest BCUT2D eigenvalue weighted by molar-refractivity contribution is 0.0497. The number of imidazole rings is 2.